The number of hydrogen-bond donors (Lipinski definition) is 1. The van der Waals surface area contributed by atoms with Gasteiger partial charge in [-0.1, -0.05) is 6.07 Å². The predicted octanol–water partition coefficient (Wildman–Crippen LogP) is 2.05. The third kappa shape index (κ3) is 1.97. The van der Waals surface area contributed by atoms with Crippen molar-refractivity contribution >= 4 is 10.9 Å². The van der Waals surface area contributed by atoms with Crippen LogP contribution >= 0.6 is 0 Å². The van der Waals surface area contributed by atoms with Gasteiger partial charge in [-0.3, -0.25) is 0 Å². The van der Waals surface area contributed by atoms with Gasteiger partial charge < -0.3 is 9.84 Å². The fraction of sp³-hybridized carbons (Fsp3) is 0.250. The van der Waals surface area contributed by atoms with Crippen LogP contribution in [0.4, 0.5) is 4.39 Å². The minimum absolute atomic E-state index is 0.0713. The van der Waals surface area contributed by atoms with Gasteiger partial charge >= 0.3 is 0 Å². The van der Waals surface area contributed by atoms with Crippen LogP contribution in [0.1, 0.15) is 5.69 Å². The zero-order valence-corrected chi connectivity index (χ0v) is 8.90. The molecule has 0 saturated carbocycles. The van der Waals surface area contributed by atoms with E-state index in [0.29, 0.717) is 22.3 Å². The maximum absolute atomic E-state index is 13.5. The average molecular weight is 221 g/mol. The fourth-order valence-electron chi connectivity index (χ4n) is 1.58. The van der Waals surface area contributed by atoms with Gasteiger partial charge in [-0.25, -0.2) is 9.37 Å². The molecule has 1 aromatic carbocycles. The lowest BCUT2D eigenvalue weighted by atomic mass is 10.2. The Kier molecular flexibility index (Phi) is 3.01. The summed E-state index contributed by atoms with van der Waals surface area (Å²) in [6.07, 6.45) is 0. The highest BCUT2D eigenvalue weighted by molar-refractivity contribution is 5.85. The Hall–Kier alpha value is -1.68. The quantitative estimate of drug-likeness (QED) is 0.862. The van der Waals surface area contributed by atoms with Gasteiger partial charge in [0.25, 0.3) is 0 Å². The zero-order chi connectivity index (χ0) is 11.5. The van der Waals surface area contributed by atoms with Crippen molar-refractivity contribution in [1.29, 1.82) is 0 Å². The number of ether oxygens (including phenoxy) is 1. The maximum Gasteiger partial charge on any atom is 0.149 e. The highest BCUT2D eigenvalue weighted by atomic mass is 19.1. The lowest BCUT2D eigenvalue weighted by molar-refractivity contribution is 0.202. The van der Waals surface area contributed by atoms with Crippen molar-refractivity contribution in [3.63, 3.8) is 0 Å². The molecule has 0 atom stereocenters. The molecule has 0 aliphatic heterocycles. The molecule has 1 aromatic heterocycles. The molecule has 0 amide bonds. The second-order valence-corrected chi connectivity index (χ2v) is 3.47. The van der Waals surface area contributed by atoms with Crippen molar-refractivity contribution in [2.75, 3.05) is 13.2 Å². The lowest BCUT2D eigenvalue weighted by Gasteiger charge is -2.09. The Bertz CT molecular complexity index is 514. The molecule has 0 saturated heterocycles. The Balaban J connectivity index is 2.59. The van der Waals surface area contributed by atoms with E-state index in [1.54, 1.807) is 25.1 Å². The lowest BCUT2D eigenvalue weighted by Crippen LogP contribution is -2.03. The third-order valence-electron chi connectivity index (χ3n) is 2.23. The van der Waals surface area contributed by atoms with E-state index < -0.39 is 0 Å². The molecule has 3 nitrogen and oxygen atoms in total. The smallest absolute Gasteiger partial charge is 0.149 e. The van der Waals surface area contributed by atoms with E-state index in [-0.39, 0.29) is 19.0 Å². The number of benzene rings is 1. The number of aryl methyl sites for hydroxylation is 1. The summed E-state index contributed by atoms with van der Waals surface area (Å²) < 4.78 is 18.8. The molecule has 1 heterocycles. The molecule has 0 radical (unpaired) electrons. The highest BCUT2D eigenvalue weighted by Gasteiger charge is 2.08. The van der Waals surface area contributed by atoms with Crippen molar-refractivity contribution in [2.24, 2.45) is 0 Å². The minimum atomic E-state index is -0.366. The van der Waals surface area contributed by atoms with E-state index in [9.17, 15) is 4.39 Å². The van der Waals surface area contributed by atoms with E-state index in [0.717, 1.165) is 0 Å². The van der Waals surface area contributed by atoms with Gasteiger partial charge in [0, 0.05) is 17.1 Å². The van der Waals surface area contributed by atoms with Crippen LogP contribution in [0.5, 0.6) is 5.75 Å². The Morgan fingerprint density at radius 2 is 2.25 bits per heavy atom. The number of rotatable bonds is 3. The Morgan fingerprint density at radius 3 is 3.00 bits per heavy atom. The summed E-state index contributed by atoms with van der Waals surface area (Å²) in [5.41, 5.74) is 0.987. The molecule has 0 aliphatic rings. The molecule has 4 heteroatoms. The standard InChI is InChI=1S/C12H12FNO2/c1-8-7-11(16-6-5-15)9-3-2-4-10(13)12(9)14-8/h2-4,7,15H,5-6H2,1H3. The van der Waals surface area contributed by atoms with Gasteiger partial charge in [0.2, 0.25) is 0 Å². The summed E-state index contributed by atoms with van der Waals surface area (Å²) in [4.78, 5) is 4.13. The number of fused-ring (bicyclic) bond motifs is 1. The van der Waals surface area contributed by atoms with Crippen LogP contribution in [0.25, 0.3) is 10.9 Å². The zero-order valence-electron chi connectivity index (χ0n) is 8.90. The van der Waals surface area contributed by atoms with Crippen molar-refractivity contribution in [2.45, 2.75) is 6.92 Å². The van der Waals surface area contributed by atoms with Crippen molar-refractivity contribution in [3.05, 3.63) is 35.8 Å². The van der Waals surface area contributed by atoms with Gasteiger partial charge in [-0.05, 0) is 19.1 Å². The number of aromatic nitrogens is 1. The summed E-state index contributed by atoms with van der Waals surface area (Å²) in [5.74, 6) is 0.186. The molecule has 2 rings (SSSR count). The molecule has 0 fully saturated rings. The monoisotopic (exact) mass is 221 g/mol. The number of aliphatic hydroxyl groups is 1. The van der Waals surface area contributed by atoms with Crippen molar-refractivity contribution in [3.8, 4) is 5.75 Å². The van der Waals surface area contributed by atoms with Gasteiger partial charge in [-0.15, -0.1) is 0 Å². The molecule has 84 valence electrons. The summed E-state index contributed by atoms with van der Waals surface area (Å²) in [6.45, 7) is 1.89. The molecular formula is C12H12FNO2. The predicted molar refractivity (Wildman–Crippen MR) is 59.0 cm³/mol. The van der Waals surface area contributed by atoms with E-state index in [1.807, 2.05) is 0 Å². The van der Waals surface area contributed by atoms with Crippen molar-refractivity contribution in [1.82, 2.24) is 4.98 Å². The van der Waals surface area contributed by atoms with E-state index >= 15 is 0 Å². The first kappa shape index (κ1) is 10.8. The summed E-state index contributed by atoms with van der Waals surface area (Å²) in [7, 11) is 0. The van der Waals surface area contributed by atoms with Crippen molar-refractivity contribution < 1.29 is 14.2 Å². The summed E-state index contributed by atoms with van der Waals surface area (Å²) in [6, 6.07) is 6.46. The number of hydrogen-bond acceptors (Lipinski definition) is 3. The molecule has 1 N–H and O–H groups in total. The topological polar surface area (TPSA) is 42.4 Å². The minimum Gasteiger partial charge on any atom is -0.490 e. The van der Waals surface area contributed by atoms with Crippen LogP contribution in [0.15, 0.2) is 24.3 Å². The van der Waals surface area contributed by atoms with Gasteiger partial charge in [0.05, 0.1) is 6.61 Å². The molecule has 0 spiro atoms. The summed E-state index contributed by atoms with van der Waals surface area (Å²) in [5, 5.41) is 9.33. The maximum atomic E-state index is 13.5. The molecular weight excluding hydrogens is 209 g/mol. The largest absolute Gasteiger partial charge is 0.490 e. The second kappa shape index (κ2) is 4.45. The highest BCUT2D eigenvalue weighted by Crippen LogP contribution is 2.26. The normalized spacial score (nSPS) is 10.7. The third-order valence-corrected chi connectivity index (χ3v) is 2.23. The van der Waals surface area contributed by atoms with Crippen LogP contribution in [0, 0.1) is 12.7 Å². The Morgan fingerprint density at radius 1 is 1.44 bits per heavy atom. The first-order valence-electron chi connectivity index (χ1n) is 5.02. The first-order valence-corrected chi connectivity index (χ1v) is 5.02. The van der Waals surface area contributed by atoms with Crippen LogP contribution in [-0.2, 0) is 0 Å². The average Bonchev–Trinajstić information content (AvgIpc) is 2.27. The fourth-order valence-corrected chi connectivity index (χ4v) is 1.58. The number of pyridine rings is 1. The number of halogens is 1. The number of aliphatic hydroxyl groups excluding tert-OH is 1. The number of para-hydroxylation sites is 1. The SMILES string of the molecule is Cc1cc(OCCO)c2cccc(F)c2n1. The van der Waals surface area contributed by atoms with Gasteiger partial charge in [-0.2, -0.15) is 0 Å². The van der Waals surface area contributed by atoms with Crippen LogP contribution in [0.3, 0.4) is 0 Å². The van der Waals surface area contributed by atoms with E-state index in [2.05, 4.69) is 4.98 Å². The summed E-state index contributed by atoms with van der Waals surface area (Å²) >= 11 is 0. The molecule has 2 aromatic rings. The molecule has 0 aliphatic carbocycles. The first-order chi connectivity index (χ1) is 7.72. The van der Waals surface area contributed by atoms with Gasteiger partial charge in [0.1, 0.15) is 23.7 Å². The van der Waals surface area contributed by atoms with Crippen LogP contribution in [-0.4, -0.2) is 23.3 Å². The molecule has 16 heavy (non-hydrogen) atoms. The van der Waals surface area contributed by atoms with E-state index in [4.69, 9.17) is 9.84 Å². The van der Waals surface area contributed by atoms with Crippen LogP contribution in [0.2, 0.25) is 0 Å². The van der Waals surface area contributed by atoms with Gasteiger partial charge in [0.15, 0.2) is 0 Å². The number of nitrogens with zero attached hydrogens (tertiary/aromatic N) is 1. The van der Waals surface area contributed by atoms with Crippen LogP contribution < -0.4 is 4.74 Å². The Labute approximate surface area is 92.5 Å². The molecule has 0 unspecified atom stereocenters. The molecule has 0 bridgehead atoms. The van der Waals surface area contributed by atoms with E-state index in [1.165, 1.54) is 6.07 Å². The second-order valence-electron chi connectivity index (χ2n) is 3.47.